The summed E-state index contributed by atoms with van der Waals surface area (Å²) in [5, 5.41) is 3.99. The maximum Gasteiger partial charge on any atom is 0.422 e. The topological polar surface area (TPSA) is 39.4 Å². The summed E-state index contributed by atoms with van der Waals surface area (Å²) in [5.74, 6) is 0.0294. The molecular formula is C12H14F3N3O. The van der Waals surface area contributed by atoms with Crippen molar-refractivity contribution < 1.29 is 17.9 Å². The average Bonchev–Trinajstić information content (AvgIpc) is 2.65. The number of alkyl halides is 3. The zero-order valence-electron chi connectivity index (χ0n) is 11.0. The number of aromatic nitrogens is 3. The molecule has 0 saturated carbocycles. The number of hydrogen-bond acceptors (Lipinski definition) is 3. The highest BCUT2D eigenvalue weighted by molar-refractivity contribution is 5.66. The van der Waals surface area contributed by atoms with Crippen LogP contribution in [0, 0.1) is 6.92 Å². The lowest BCUT2D eigenvalue weighted by Crippen LogP contribution is -2.10. The quantitative estimate of drug-likeness (QED) is 0.843. The predicted octanol–water partition coefficient (Wildman–Crippen LogP) is 3.19. The van der Waals surface area contributed by atoms with Gasteiger partial charge in [0.2, 0.25) is 0 Å². The Kier molecular flexibility index (Phi) is 3.15. The first-order chi connectivity index (χ1) is 8.75. The first kappa shape index (κ1) is 13.6. The molecule has 0 spiro atoms. The van der Waals surface area contributed by atoms with Crippen LogP contribution in [0.2, 0.25) is 0 Å². The van der Waals surface area contributed by atoms with Crippen molar-refractivity contribution >= 4 is 5.52 Å². The smallest absolute Gasteiger partial charge is 0.422 e. The lowest BCUT2D eigenvalue weighted by Gasteiger charge is -2.12. The van der Waals surface area contributed by atoms with Crippen LogP contribution in [0.25, 0.3) is 5.52 Å². The molecule has 2 rings (SSSR count). The number of fused-ring (bicyclic) bond motifs is 1. The Bertz CT molecular complexity index is 617. The van der Waals surface area contributed by atoms with Crippen LogP contribution in [0.3, 0.4) is 0 Å². The number of nitrogens with zero attached hydrogens (tertiary/aromatic N) is 3. The molecule has 104 valence electrons. The van der Waals surface area contributed by atoms with Gasteiger partial charge in [0, 0.05) is 0 Å². The summed E-state index contributed by atoms with van der Waals surface area (Å²) in [6.07, 6.45) is -3.28. The second-order valence-corrected chi connectivity index (χ2v) is 4.56. The maximum absolute atomic E-state index is 13.2. The number of aryl methyl sites for hydroxylation is 1. The Morgan fingerprint density at radius 1 is 1.32 bits per heavy atom. The van der Waals surface area contributed by atoms with Crippen molar-refractivity contribution in [1.29, 1.82) is 0 Å². The highest BCUT2D eigenvalue weighted by Crippen LogP contribution is 2.41. The Morgan fingerprint density at radius 2 is 1.95 bits per heavy atom. The molecule has 0 radical (unpaired) electrons. The Morgan fingerprint density at radius 3 is 2.42 bits per heavy atom. The molecule has 0 aliphatic rings. The van der Waals surface area contributed by atoms with Gasteiger partial charge in [-0.2, -0.15) is 18.3 Å². The van der Waals surface area contributed by atoms with E-state index in [1.165, 1.54) is 17.8 Å². The Hall–Kier alpha value is -1.79. The zero-order valence-corrected chi connectivity index (χ0v) is 11.0. The first-order valence-corrected chi connectivity index (χ1v) is 5.76. The van der Waals surface area contributed by atoms with Gasteiger partial charge in [0.25, 0.3) is 0 Å². The van der Waals surface area contributed by atoms with E-state index >= 15 is 0 Å². The number of methoxy groups -OCH3 is 1. The van der Waals surface area contributed by atoms with Crippen LogP contribution in [-0.4, -0.2) is 21.7 Å². The molecule has 0 unspecified atom stereocenters. The van der Waals surface area contributed by atoms with Crippen molar-refractivity contribution in [2.45, 2.75) is 32.9 Å². The molecule has 0 saturated heterocycles. The molecule has 2 aromatic rings. The van der Waals surface area contributed by atoms with Crippen LogP contribution in [-0.2, 0) is 6.18 Å². The summed E-state index contributed by atoms with van der Waals surface area (Å²) in [6.45, 7) is 5.23. The summed E-state index contributed by atoms with van der Waals surface area (Å²) in [6, 6.07) is 0. The minimum atomic E-state index is -4.51. The van der Waals surface area contributed by atoms with E-state index in [1.54, 1.807) is 20.8 Å². The fourth-order valence-corrected chi connectivity index (χ4v) is 2.03. The molecule has 2 aromatic heterocycles. The summed E-state index contributed by atoms with van der Waals surface area (Å²) in [5.41, 5.74) is -0.494. The number of halogens is 3. The standard InChI is InChI=1S/C12H14F3N3O/c1-6(2)10-11-9(12(13,14)15)8(19-4)5-18(11)17-7(3)16-10/h5-6H,1-4H3. The van der Waals surface area contributed by atoms with Gasteiger partial charge in [-0.3, -0.25) is 0 Å². The van der Waals surface area contributed by atoms with Gasteiger partial charge in [-0.15, -0.1) is 0 Å². The number of hydrogen-bond donors (Lipinski definition) is 0. The molecule has 0 N–H and O–H groups in total. The highest BCUT2D eigenvalue weighted by Gasteiger charge is 2.39. The molecular weight excluding hydrogens is 259 g/mol. The highest BCUT2D eigenvalue weighted by atomic mass is 19.4. The third-order valence-electron chi connectivity index (χ3n) is 2.78. The van der Waals surface area contributed by atoms with Crippen LogP contribution in [0.15, 0.2) is 6.20 Å². The van der Waals surface area contributed by atoms with Gasteiger partial charge in [0.1, 0.15) is 16.9 Å². The SMILES string of the molecule is COc1cn2nc(C)nc(C(C)C)c2c1C(F)(F)F. The molecule has 7 heteroatoms. The Balaban J connectivity index is 2.92. The van der Waals surface area contributed by atoms with Crippen LogP contribution in [0.1, 0.15) is 36.8 Å². The van der Waals surface area contributed by atoms with Crippen molar-refractivity contribution in [3.63, 3.8) is 0 Å². The van der Waals surface area contributed by atoms with Crippen molar-refractivity contribution in [3.05, 3.63) is 23.3 Å². The first-order valence-electron chi connectivity index (χ1n) is 5.76. The molecule has 0 amide bonds. The van der Waals surface area contributed by atoms with E-state index in [4.69, 9.17) is 4.74 Å². The second-order valence-electron chi connectivity index (χ2n) is 4.56. The lowest BCUT2D eigenvalue weighted by molar-refractivity contribution is -0.137. The Labute approximate surface area is 108 Å². The third kappa shape index (κ3) is 2.24. The largest absolute Gasteiger partial charge is 0.494 e. The fraction of sp³-hybridized carbons (Fsp3) is 0.500. The van der Waals surface area contributed by atoms with Gasteiger partial charge in [-0.25, -0.2) is 9.50 Å². The minimum Gasteiger partial charge on any atom is -0.494 e. The molecule has 0 aliphatic carbocycles. The number of ether oxygens (including phenoxy) is 1. The van der Waals surface area contributed by atoms with E-state index in [0.717, 1.165) is 0 Å². The predicted molar refractivity (Wildman–Crippen MR) is 63.4 cm³/mol. The molecule has 0 atom stereocenters. The van der Waals surface area contributed by atoms with Crippen LogP contribution in [0.4, 0.5) is 13.2 Å². The van der Waals surface area contributed by atoms with E-state index in [1.807, 2.05) is 0 Å². The lowest BCUT2D eigenvalue weighted by atomic mass is 10.1. The van der Waals surface area contributed by atoms with Crippen molar-refractivity contribution in [3.8, 4) is 5.75 Å². The third-order valence-corrected chi connectivity index (χ3v) is 2.78. The zero-order chi connectivity index (χ0) is 14.4. The second kappa shape index (κ2) is 4.40. The molecule has 4 nitrogen and oxygen atoms in total. The molecule has 0 aromatic carbocycles. The van der Waals surface area contributed by atoms with Gasteiger partial charge in [-0.1, -0.05) is 13.8 Å². The minimum absolute atomic E-state index is 0.0371. The summed E-state index contributed by atoms with van der Waals surface area (Å²) < 4.78 is 45.6. The average molecular weight is 273 g/mol. The van der Waals surface area contributed by atoms with Crippen molar-refractivity contribution in [1.82, 2.24) is 14.6 Å². The van der Waals surface area contributed by atoms with Gasteiger partial charge in [-0.05, 0) is 12.8 Å². The van der Waals surface area contributed by atoms with E-state index in [9.17, 15) is 13.2 Å². The van der Waals surface area contributed by atoms with Crippen molar-refractivity contribution in [2.24, 2.45) is 0 Å². The maximum atomic E-state index is 13.2. The van der Waals surface area contributed by atoms with E-state index in [2.05, 4.69) is 10.1 Å². The van der Waals surface area contributed by atoms with Crippen LogP contribution < -0.4 is 4.74 Å². The monoisotopic (exact) mass is 273 g/mol. The molecule has 0 bridgehead atoms. The summed E-state index contributed by atoms with van der Waals surface area (Å²) in [7, 11) is 1.21. The van der Waals surface area contributed by atoms with Gasteiger partial charge in [0.05, 0.1) is 19.0 Å². The molecule has 0 fully saturated rings. The van der Waals surface area contributed by atoms with Crippen LogP contribution >= 0.6 is 0 Å². The van der Waals surface area contributed by atoms with Crippen LogP contribution in [0.5, 0.6) is 5.75 Å². The fourth-order valence-electron chi connectivity index (χ4n) is 2.03. The van der Waals surface area contributed by atoms with Gasteiger partial charge >= 0.3 is 6.18 Å². The molecule has 19 heavy (non-hydrogen) atoms. The normalized spacial score (nSPS) is 12.4. The van der Waals surface area contributed by atoms with E-state index in [0.29, 0.717) is 11.5 Å². The number of rotatable bonds is 2. The summed E-state index contributed by atoms with van der Waals surface area (Å²) >= 11 is 0. The van der Waals surface area contributed by atoms with Gasteiger partial charge < -0.3 is 4.74 Å². The van der Waals surface area contributed by atoms with E-state index in [-0.39, 0.29) is 17.2 Å². The van der Waals surface area contributed by atoms with Crippen molar-refractivity contribution in [2.75, 3.05) is 7.11 Å². The van der Waals surface area contributed by atoms with E-state index < -0.39 is 11.7 Å². The summed E-state index contributed by atoms with van der Waals surface area (Å²) in [4.78, 5) is 4.14. The molecule has 0 aliphatic heterocycles. The van der Waals surface area contributed by atoms with Gasteiger partial charge in [0.15, 0.2) is 5.75 Å². The molecule has 2 heterocycles.